The fourth-order valence-corrected chi connectivity index (χ4v) is 1.79. The second-order valence-corrected chi connectivity index (χ2v) is 4.65. The molecule has 0 amide bonds. The number of anilines is 1. The molecule has 1 aliphatic heterocycles. The summed E-state index contributed by atoms with van der Waals surface area (Å²) in [6, 6.07) is 5.12. The summed E-state index contributed by atoms with van der Waals surface area (Å²) in [7, 11) is 1.96. The van der Waals surface area contributed by atoms with Gasteiger partial charge in [0.2, 0.25) is 0 Å². The summed E-state index contributed by atoms with van der Waals surface area (Å²) in [5.74, 6) is -0.232. The first-order chi connectivity index (χ1) is 7.15. The van der Waals surface area contributed by atoms with Crippen LogP contribution in [-0.4, -0.2) is 23.6 Å². The topological polar surface area (TPSA) is 18.5 Å². The predicted molar refractivity (Wildman–Crippen MR) is 66.3 cm³/mol. The van der Waals surface area contributed by atoms with Gasteiger partial charge >= 0.3 is 0 Å². The van der Waals surface area contributed by atoms with Crippen LogP contribution in [0.2, 0.25) is 0 Å². The molecule has 1 heterocycles. The van der Waals surface area contributed by atoms with Crippen LogP contribution in [0.4, 0.5) is 10.1 Å². The number of halogens is 2. The standard InChI is InChI=1S/C10H11FIN3/c1-14-4-5-15(7-14)13-10-3-2-8(12)6-9(10)11/h2-6,13H,7H2,1H3. The van der Waals surface area contributed by atoms with E-state index in [1.54, 1.807) is 6.07 Å². The molecule has 80 valence electrons. The summed E-state index contributed by atoms with van der Waals surface area (Å²) >= 11 is 2.09. The van der Waals surface area contributed by atoms with Crippen LogP contribution < -0.4 is 5.43 Å². The number of nitrogens with one attached hydrogen (secondary N) is 1. The van der Waals surface area contributed by atoms with Gasteiger partial charge in [-0.05, 0) is 40.8 Å². The van der Waals surface area contributed by atoms with Gasteiger partial charge in [0, 0.05) is 23.0 Å². The van der Waals surface area contributed by atoms with Crippen LogP contribution in [0.25, 0.3) is 0 Å². The maximum Gasteiger partial charge on any atom is 0.149 e. The van der Waals surface area contributed by atoms with Crippen molar-refractivity contribution in [2.45, 2.75) is 0 Å². The third kappa shape index (κ3) is 2.53. The van der Waals surface area contributed by atoms with E-state index < -0.39 is 0 Å². The summed E-state index contributed by atoms with van der Waals surface area (Å²) in [5, 5.41) is 1.82. The fourth-order valence-electron chi connectivity index (χ4n) is 1.34. The number of nitrogens with zero attached hydrogens (tertiary/aromatic N) is 2. The lowest BCUT2D eigenvalue weighted by atomic mass is 10.3. The van der Waals surface area contributed by atoms with Gasteiger partial charge in [0.1, 0.15) is 12.5 Å². The Labute approximate surface area is 102 Å². The first-order valence-electron chi connectivity index (χ1n) is 4.52. The molecule has 0 fully saturated rings. The van der Waals surface area contributed by atoms with Gasteiger partial charge in [0.05, 0.1) is 5.69 Å². The molecule has 1 N–H and O–H groups in total. The lowest BCUT2D eigenvalue weighted by Crippen LogP contribution is -2.28. The molecule has 0 radical (unpaired) electrons. The van der Waals surface area contributed by atoms with Crippen molar-refractivity contribution in [1.29, 1.82) is 0 Å². The molecule has 0 aliphatic carbocycles. The molecule has 0 unspecified atom stereocenters. The molecular formula is C10H11FIN3. The molecule has 1 aromatic rings. The molecule has 0 bridgehead atoms. The van der Waals surface area contributed by atoms with E-state index in [-0.39, 0.29) is 5.82 Å². The minimum atomic E-state index is -0.232. The van der Waals surface area contributed by atoms with E-state index in [0.29, 0.717) is 12.4 Å². The minimum Gasteiger partial charge on any atom is -0.360 e. The highest BCUT2D eigenvalue weighted by Crippen LogP contribution is 2.18. The van der Waals surface area contributed by atoms with E-state index in [9.17, 15) is 4.39 Å². The lowest BCUT2D eigenvalue weighted by Gasteiger charge is -2.20. The van der Waals surface area contributed by atoms with Crippen LogP contribution in [0.1, 0.15) is 0 Å². The van der Waals surface area contributed by atoms with Gasteiger partial charge in [-0.3, -0.25) is 10.4 Å². The maximum atomic E-state index is 13.5. The van der Waals surface area contributed by atoms with Gasteiger partial charge < -0.3 is 4.90 Å². The Kier molecular flexibility index (Phi) is 2.99. The molecule has 2 rings (SSSR count). The number of hydrogen-bond donors (Lipinski definition) is 1. The van der Waals surface area contributed by atoms with Crippen LogP contribution >= 0.6 is 22.6 Å². The van der Waals surface area contributed by atoms with E-state index >= 15 is 0 Å². The Morgan fingerprint density at radius 3 is 2.80 bits per heavy atom. The quantitative estimate of drug-likeness (QED) is 0.845. The third-order valence-electron chi connectivity index (χ3n) is 2.07. The Balaban J connectivity index is 2.08. The highest BCUT2D eigenvalue weighted by molar-refractivity contribution is 14.1. The van der Waals surface area contributed by atoms with E-state index in [2.05, 4.69) is 28.0 Å². The Hall–Kier alpha value is -0.980. The molecule has 1 aromatic carbocycles. The monoisotopic (exact) mass is 319 g/mol. The zero-order chi connectivity index (χ0) is 10.8. The average Bonchev–Trinajstić information content (AvgIpc) is 2.56. The summed E-state index contributed by atoms with van der Waals surface area (Å²) < 4.78 is 14.4. The predicted octanol–water partition coefficient (Wildman–Crippen LogP) is 2.43. The molecule has 0 atom stereocenters. The van der Waals surface area contributed by atoms with Gasteiger partial charge in [-0.25, -0.2) is 4.39 Å². The summed E-state index contributed by atoms with van der Waals surface area (Å²) in [5.41, 5.74) is 3.49. The molecular weight excluding hydrogens is 308 g/mol. The fraction of sp³-hybridized carbons (Fsp3) is 0.200. The molecule has 5 heteroatoms. The molecule has 1 aliphatic rings. The van der Waals surface area contributed by atoms with Crippen molar-refractivity contribution in [3.05, 3.63) is 40.0 Å². The van der Waals surface area contributed by atoms with E-state index in [0.717, 1.165) is 3.57 Å². The zero-order valence-electron chi connectivity index (χ0n) is 8.24. The van der Waals surface area contributed by atoms with Crippen molar-refractivity contribution in [3.8, 4) is 0 Å². The van der Waals surface area contributed by atoms with Crippen molar-refractivity contribution < 1.29 is 4.39 Å². The number of hydrazine groups is 1. The molecule has 15 heavy (non-hydrogen) atoms. The Bertz CT molecular complexity index is 394. The van der Waals surface area contributed by atoms with Crippen molar-refractivity contribution >= 4 is 28.3 Å². The van der Waals surface area contributed by atoms with Crippen molar-refractivity contribution in [2.24, 2.45) is 0 Å². The Morgan fingerprint density at radius 2 is 2.20 bits per heavy atom. The average molecular weight is 319 g/mol. The maximum absolute atomic E-state index is 13.5. The third-order valence-corrected chi connectivity index (χ3v) is 2.74. The number of benzene rings is 1. The minimum absolute atomic E-state index is 0.232. The first kappa shape index (κ1) is 10.5. The van der Waals surface area contributed by atoms with Gasteiger partial charge in [0.25, 0.3) is 0 Å². The summed E-state index contributed by atoms with van der Waals surface area (Å²) in [6.45, 7) is 0.714. The van der Waals surface area contributed by atoms with E-state index in [1.807, 2.05) is 35.4 Å². The van der Waals surface area contributed by atoms with Crippen LogP contribution in [0.5, 0.6) is 0 Å². The second kappa shape index (κ2) is 4.26. The SMILES string of the molecule is CN1C=CN(Nc2ccc(I)cc2F)C1. The van der Waals surface area contributed by atoms with Crippen molar-refractivity contribution in [1.82, 2.24) is 9.91 Å². The lowest BCUT2D eigenvalue weighted by molar-refractivity contribution is 0.335. The largest absolute Gasteiger partial charge is 0.360 e. The second-order valence-electron chi connectivity index (χ2n) is 3.40. The van der Waals surface area contributed by atoms with E-state index in [1.165, 1.54) is 6.07 Å². The zero-order valence-corrected chi connectivity index (χ0v) is 10.4. The van der Waals surface area contributed by atoms with Gasteiger partial charge in [-0.15, -0.1) is 0 Å². The molecule has 0 saturated carbocycles. The molecule has 3 nitrogen and oxygen atoms in total. The summed E-state index contributed by atoms with van der Waals surface area (Å²) in [4.78, 5) is 2.00. The van der Waals surface area contributed by atoms with Crippen LogP contribution in [-0.2, 0) is 0 Å². The van der Waals surface area contributed by atoms with Crippen molar-refractivity contribution in [2.75, 3.05) is 19.1 Å². The number of rotatable bonds is 2. The molecule has 0 spiro atoms. The van der Waals surface area contributed by atoms with Crippen LogP contribution in [0, 0.1) is 9.39 Å². The van der Waals surface area contributed by atoms with E-state index in [4.69, 9.17) is 0 Å². The van der Waals surface area contributed by atoms with Crippen LogP contribution in [0.3, 0.4) is 0 Å². The van der Waals surface area contributed by atoms with Gasteiger partial charge in [-0.1, -0.05) is 0 Å². The normalized spacial score (nSPS) is 14.9. The Morgan fingerprint density at radius 1 is 1.40 bits per heavy atom. The molecule has 0 saturated heterocycles. The van der Waals surface area contributed by atoms with Gasteiger partial charge in [0.15, 0.2) is 0 Å². The van der Waals surface area contributed by atoms with Crippen LogP contribution in [0.15, 0.2) is 30.6 Å². The molecule has 0 aromatic heterocycles. The summed E-state index contributed by atoms with van der Waals surface area (Å²) in [6.07, 6.45) is 3.80. The smallest absolute Gasteiger partial charge is 0.149 e. The first-order valence-corrected chi connectivity index (χ1v) is 5.60. The van der Waals surface area contributed by atoms with Gasteiger partial charge in [-0.2, -0.15) is 0 Å². The highest BCUT2D eigenvalue weighted by atomic mass is 127. The highest BCUT2D eigenvalue weighted by Gasteiger charge is 2.10. The number of hydrogen-bond acceptors (Lipinski definition) is 3. The van der Waals surface area contributed by atoms with Crippen molar-refractivity contribution in [3.63, 3.8) is 0 Å².